The number of carbonyl (C=O) groups is 1. The SMILES string of the molecule is COc1ccc(C(=O)N[C@@H](NC(=S)Nc2ccccc2I)C(Cl)(Cl)Cl)cc1OC. The van der Waals surface area contributed by atoms with Crippen LogP contribution in [-0.2, 0) is 0 Å². The van der Waals surface area contributed by atoms with Crippen LogP contribution in [-0.4, -0.2) is 35.2 Å². The molecule has 3 N–H and O–H groups in total. The van der Waals surface area contributed by atoms with Crippen LogP contribution in [0.2, 0.25) is 0 Å². The van der Waals surface area contributed by atoms with Crippen LogP contribution in [0.3, 0.4) is 0 Å². The normalized spacial score (nSPS) is 11.9. The highest BCUT2D eigenvalue weighted by atomic mass is 127. The molecule has 29 heavy (non-hydrogen) atoms. The second kappa shape index (κ2) is 10.7. The Bertz CT molecular complexity index is 896. The van der Waals surface area contributed by atoms with Crippen molar-refractivity contribution >= 4 is 86.3 Å². The zero-order valence-corrected chi connectivity index (χ0v) is 20.5. The monoisotopic (exact) mass is 587 g/mol. The number of rotatable bonds is 6. The van der Waals surface area contributed by atoms with Crippen molar-refractivity contribution in [2.24, 2.45) is 0 Å². The van der Waals surface area contributed by atoms with Crippen LogP contribution in [0, 0.1) is 3.57 Å². The minimum absolute atomic E-state index is 0.179. The van der Waals surface area contributed by atoms with Crippen molar-refractivity contribution in [2.75, 3.05) is 19.5 Å². The fourth-order valence-electron chi connectivity index (χ4n) is 2.24. The van der Waals surface area contributed by atoms with Crippen LogP contribution in [0.15, 0.2) is 42.5 Å². The van der Waals surface area contributed by atoms with Crippen molar-refractivity contribution in [2.45, 2.75) is 9.96 Å². The zero-order chi connectivity index (χ0) is 21.6. The lowest BCUT2D eigenvalue weighted by Crippen LogP contribution is -2.56. The lowest BCUT2D eigenvalue weighted by molar-refractivity contribution is 0.0934. The molecule has 0 radical (unpaired) electrons. The first-order valence-electron chi connectivity index (χ1n) is 8.07. The molecule has 2 aromatic rings. The fourth-order valence-corrected chi connectivity index (χ4v) is 3.32. The zero-order valence-electron chi connectivity index (χ0n) is 15.3. The Morgan fingerprint density at radius 2 is 1.72 bits per heavy atom. The molecule has 0 fully saturated rings. The van der Waals surface area contributed by atoms with E-state index in [4.69, 9.17) is 56.5 Å². The predicted molar refractivity (Wildman–Crippen MR) is 130 cm³/mol. The molecule has 1 amide bonds. The van der Waals surface area contributed by atoms with E-state index in [2.05, 4.69) is 38.5 Å². The number of methoxy groups -OCH3 is 2. The van der Waals surface area contributed by atoms with Gasteiger partial charge in [-0.2, -0.15) is 0 Å². The van der Waals surface area contributed by atoms with Gasteiger partial charge in [0.15, 0.2) is 16.6 Å². The molecule has 0 aliphatic rings. The largest absolute Gasteiger partial charge is 0.493 e. The third-order valence-electron chi connectivity index (χ3n) is 3.65. The van der Waals surface area contributed by atoms with E-state index in [1.165, 1.54) is 20.3 Å². The van der Waals surface area contributed by atoms with Gasteiger partial charge >= 0.3 is 0 Å². The maximum atomic E-state index is 12.7. The molecule has 0 unspecified atom stereocenters. The fraction of sp³-hybridized carbons (Fsp3) is 0.222. The first-order valence-corrected chi connectivity index (χ1v) is 10.7. The smallest absolute Gasteiger partial charge is 0.253 e. The summed E-state index contributed by atoms with van der Waals surface area (Å²) in [7, 11) is 2.97. The molecule has 0 bridgehead atoms. The van der Waals surface area contributed by atoms with Gasteiger partial charge in [-0.15, -0.1) is 0 Å². The third kappa shape index (κ3) is 6.92. The number of para-hydroxylation sites is 1. The van der Waals surface area contributed by atoms with Crippen molar-refractivity contribution in [3.05, 3.63) is 51.6 Å². The minimum atomic E-state index is -1.87. The number of nitrogens with one attached hydrogen (secondary N) is 3. The Kier molecular flexibility index (Phi) is 8.90. The Hall–Kier alpha value is -1.20. The molecule has 2 rings (SSSR count). The van der Waals surface area contributed by atoms with E-state index in [1.54, 1.807) is 12.1 Å². The summed E-state index contributed by atoms with van der Waals surface area (Å²) in [6.45, 7) is 0. The quantitative estimate of drug-likeness (QED) is 0.196. The van der Waals surface area contributed by atoms with Gasteiger partial charge in [0.25, 0.3) is 5.91 Å². The molecule has 156 valence electrons. The minimum Gasteiger partial charge on any atom is -0.493 e. The van der Waals surface area contributed by atoms with Gasteiger partial charge in [-0.1, -0.05) is 46.9 Å². The van der Waals surface area contributed by atoms with Crippen LogP contribution in [0.4, 0.5) is 5.69 Å². The second-order valence-corrected chi connectivity index (χ2v) is 9.54. The summed E-state index contributed by atoms with van der Waals surface area (Å²) in [6.07, 6.45) is -1.10. The standard InChI is InChI=1S/C18H17Cl3IN3O3S/c1-27-13-8-7-10(9-14(13)28-2)15(26)24-16(18(19,20)21)25-17(29)23-12-6-4-3-5-11(12)22/h3-9,16H,1-2H3,(H,24,26)(H2,23,25,29)/t16-/m0/s1. The van der Waals surface area contributed by atoms with Crippen molar-refractivity contribution in [1.82, 2.24) is 10.6 Å². The maximum Gasteiger partial charge on any atom is 0.253 e. The number of thiocarbonyl (C=S) groups is 1. The molecular weight excluding hydrogens is 572 g/mol. The van der Waals surface area contributed by atoms with Gasteiger partial charge < -0.3 is 25.4 Å². The van der Waals surface area contributed by atoms with E-state index in [1.807, 2.05) is 24.3 Å². The molecular formula is C18H17Cl3IN3O3S. The Balaban J connectivity index is 2.13. The number of benzene rings is 2. The molecule has 0 spiro atoms. The van der Waals surface area contributed by atoms with E-state index in [9.17, 15) is 4.79 Å². The number of anilines is 1. The van der Waals surface area contributed by atoms with Gasteiger partial charge in [0, 0.05) is 9.13 Å². The predicted octanol–water partition coefficient (Wildman–Crippen LogP) is 4.72. The summed E-state index contributed by atoms with van der Waals surface area (Å²) in [5.74, 6) is 0.393. The highest BCUT2D eigenvalue weighted by Gasteiger charge is 2.35. The molecule has 0 aliphatic heterocycles. The first kappa shape index (κ1) is 24.1. The van der Waals surface area contributed by atoms with E-state index in [-0.39, 0.29) is 5.11 Å². The summed E-state index contributed by atoms with van der Waals surface area (Å²) in [5, 5.41) is 8.63. The molecule has 0 heterocycles. The van der Waals surface area contributed by atoms with Gasteiger partial charge in [-0.3, -0.25) is 4.79 Å². The molecule has 0 aliphatic carbocycles. The van der Waals surface area contributed by atoms with Gasteiger partial charge in [0.1, 0.15) is 6.17 Å². The lowest BCUT2D eigenvalue weighted by Gasteiger charge is -2.28. The molecule has 0 saturated carbocycles. The molecule has 6 nitrogen and oxygen atoms in total. The topological polar surface area (TPSA) is 71.6 Å². The van der Waals surface area contributed by atoms with E-state index in [0.29, 0.717) is 17.1 Å². The number of hydrogen-bond donors (Lipinski definition) is 3. The van der Waals surface area contributed by atoms with Crippen LogP contribution in [0.1, 0.15) is 10.4 Å². The van der Waals surface area contributed by atoms with Crippen molar-refractivity contribution in [1.29, 1.82) is 0 Å². The third-order valence-corrected chi connectivity index (χ3v) is 5.46. The van der Waals surface area contributed by atoms with Gasteiger partial charge in [-0.25, -0.2) is 0 Å². The molecule has 2 aromatic carbocycles. The molecule has 0 saturated heterocycles. The van der Waals surface area contributed by atoms with Crippen molar-refractivity contribution in [3.63, 3.8) is 0 Å². The van der Waals surface area contributed by atoms with Crippen LogP contribution in [0.5, 0.6) is 11.5 Å². The van der Waals surface area contributed by atoms with Crippen molar-refractivity contribution < 1.29 is 14.3 Å². The number of alkyl halides is 3. The van der Waals surface area contributed by atoms with E-state index < -0.39 is 15.9 Å². The second-order valence-electron chi connectivity index (χ2n) is 5.60. The summed E-state index contributed by atoms with van der Waals surface area (Å²) in [4.78, 5) is 12.7. The van der Waals surface area contributed by atoms with Crippen LogP contribution < -0.4 is 25.4 Å². The first-order chi connectivity index (χ1) is 13.7. The average Bonchev–Trinajstić information content (AvgIpc) is 2.67. The van der Waals surface area contributed by atoms with E-state index >= 15 is 0 Å². The maximum absolute atomic E-state index is 12.7. The number of halogens is 4. The summed E-state index contributed by atoms with van der Waals surface area (Å²) >= 11 is 25.6. The highest BCUT2D eigenvalue weighted by Crippen LogP contribution is 2.30. The van der Waals surface area contributed by atoms with E-state index in [0.717, 1.165) is 9.26 Å². The number of hydrogen-bond acceptors (Lipinski definition) is 4. The Morgan fingerprint density at radius 3 is 2.31 bits per heavy atom. The van der Waals surface area contributed by atoms with Gasteiger partial charge in [0.2, 0.25) is 3.79 Å². The molecule has 0 aromatic heterocycles. The molecule has 1 atom stereocenters. The summed E-state index contributed by atoms with van der Waals surface area (Å²) < 4.78 is 9.46. The number of amides is 1. The number of ether oxygens (including phenoxy) is 2. The van der Waals surface area contributed by atoms with Gasteiger partial charge in [0.05, 0.1) is 19.9 Å². The van der Waals surface area contributed by atoms with Crippen LogP contribution in [0.25, 0.3) is 0 Å². The van der Waals surface area contributed by atoms with Crippen molar-refractivity contribution in [3.8, 4) is 11.5 Å². The van der Waals surface area contributed by atoms with Crippen LogP contribution >= 0.6 is 69.6 Å². The molecule has 11 heteroatoms. The Labute approximate surface area is 202 Å². The summed E-state index contributed by atoms with van der Waals surface area (Å²) in [5.41, 5.74) is 1.07. The van der Waals surface area contributed by atoms with Gasteiger partial charge in [-0.05, 0) is 65.1 Å². The summed E-state index contributed by atoms with van der Waals surface area (Å²) in [6, 6.07) is 12.2. The highest BCUT2D eigenvalue weighted by molar-refractivity contribution is 14.1. The number of carbonyl (C=O) groups excluding carboxylic acids is 1. The average molecular weight is 589 g/mol. The lowest BCUT2D eigenvalue weighted by atomic mass is 10.2. The Morgan fingerprint density at radius 1 is 1.07 bits per heavy atom.